The molecular weight excluding hydrogens is 321 g/mol. The predicted octanol–water partition coefficient (Wildman–Crippen LogP) is 1.71. The van der Waals surface area contributed by atoms with E-state index >= 15 is 0 Å². The third-order valence-electron chi connectivity index (χ3n) is 2.25. The molecule has 0 bridgehead atoms. The van der Waals surface area contributed by atoms with Gasteiger partial charge in [0.1, 0.15) is 5.52 Å². The molecule has 0 aliphatic rings. The molecule has 1 heterocycles. The van der Waals surface area contributed by atoms with Crippen LogP contribution in [0.3, 0.4) is 0 Å². The molecule has 2 rings (SSSR count). The minimum Gasteiger partial charge on any atom is -0.425 e. The second-order valence-corrected chi connectivity index (χ2v) is 4.28. The number of H-pyrrole nitrogens is 1. The summed E-state index contributed by atoms with van der Waals surface area (Å²) in [6.45, 7) is 0. The van der Waals surface area contributed by atoms with Crippen molar-refractivity contribution in [1.29, 1.82) is 0 Å². The van der Waals surface area contributed by atoms with Crippen LogP contribution < -0.4 is 11.1 Å². The molecule has 9 heteroatoms. The number of hydrogen-bond donors (Lipinski definition) is 2. The number of hydrogen-bond acceptors (Lipinski definition) is 3. The number of benzene rings is 1. The maximum Gasteiger partial charge on any atom is 0.416 e. The average molecular weight is 325 g/mol. The fourth-order valence-electron chi connectivity index (χ4n) is 1.42. The highest BCUT2D eigenvalue weighted by molar-refractivity contribution is 9.10. The highest BCUT2D eigenvalue weighted by Crippen LogP contribution is 2.33. The van der Waals surface area contributed by atoms with Crippen molar-refractivity contribution >= 4 is 27.0 Å². The van der Waals surface area contributed by atoms with Gasteiger partial charge in [-0.05, 0) is 28.1 Å². The van der Waals surface area contributed by atoms with Crippen LogP contribution >= 0.6 is 15.9 Å². The molecule has 0 unspecified atom stereocenters. The summed E-state index contributed by atoms with van der Waals surface area (Å²) in [7, 11) is 0. The zero-order chi connectivity index (χ0) is 13.7. The third kappa shape index (κ3) is 1.90. The number of nitrogens with zero attached hydrogens (tertiary/aromatic N) is 1. The van der Waals surface area contributed by atoms with Crippen molar-refractivity contribution in [1.82, 2.24) is 9.71 Å². The first-order valence-electron chi connectivity index (χ1n) is 4.47. The van der Waals surface area contributed by atoms with Gasteiger partial charge in [-0.15, -0.1) is 4.73 Å². The van der Waals surface area contributed by atoms with Crippen LogP contribution in [0.1, 0.15) is 5.56 Å². The number of rotatable bonds is 0. The van der Waals surface area contributed by atoms with Crippen LogP contribution in [-0.4, -0.2) is 14.9 Å². The molecule has 2 N–H and O–H groups in total. The van der Waals surface area contributed by atoms with Gasteiger partial charge >= 0.3 is 17.3 Å². The molecule has 0 aliphatic carbocycles. The van der Waals surface area contributed by atoms with Crippen molar-refractivity contribution in [2.45, 2.75) is 6.18 Å². The van der Waals surface area contributed by atoms with Gasteiger partial charge in [0.2, 0.25) is 0 Å². The Hall–Kier alpha value is -1.77. The fraction of sp³-hybridized carbons (Fsp3) is 0.111. The maximum atomic E-state index is 12.5. The van der Waals surface area contributed by atoms with Crippen molar-refractivity contribution in [3.8, 4) is 0 Å². The molecule has 0 aliphatic heterocycles. The molecule has 1 aromatic heterocycles. The van der Waals surface area contributed by atoms with Crippen molar-refractivity contribution in [3.05, 3.63) is 42.9 Å². The van der Waals surface area contributed by atoms with Crippen LogP contribution in [0.4, 0.5) is 13.2 Å². The molecule has 0 atom stereocenters. The van der Waals surface area contributed by atoms with Gasteiger partial charge in [0.25, 0.3) is 0 Å². The lowest BCUT2D eigenvalue weighted by atomic mass is 10.2. The standard InChI is InChI=1S/C9H4BrF3N2O3/c10-4-1-3(9(11,12)13)2-5-6(4)14-7(16)8(17)15(5)18/h1-2,18H,(H,14,16). The van der Waals surface area contributed by atoms with Gasteiger partial charge in [-0.25, -0.2) is 0 Å². The van der Waals surface area contributed by atoms with E-state index in [2.05, 4.69) is 20.9 Å². The number of aromatic amines is 1. The number of fused-ring (bicyclic) bond motifs is 1. The van der Waals surface area contributed by atoms with Crippen molar-refractivity contribution in [2.24, 2.45) is 0 Å². The molecule has 0 fully saturated rings. The van der Waals surface area contributed by atoms with E-state index in [9.17, 15) is 28.0 Å². The summed E-state index contributed by atoms with van der Waals surface area (Å²) >= 11 is 2.84. The topological polar surface area (TPSA) is 75.1 Å². The monoisotopic (exact) mass is 324 g/mol. The van der Waals surface area contributed by atoms with Crippen molar-refractivity contribution in [2.75, 3.05) is 0 Å². The highest BCUT2D eigenvalue weighted by Gasteiger charge is 2.32. The zero-order valence-electron chi connectivity index (χ0n) is 8.38. The normalized spacial score (nSPS) is 12.0. The summed E-state index contributed by atoms with van der Waals surface area (Å²) in [4.78, 5) is 24.3. The Morgan fingerprint density at radius 1 is 1.28 bits per heavy atom. The molecule has 0 amide bonds. The van der Waals surface area contributed by atoms with E-state index in [0.717, 1.165) is 6.07 Å². The first kappa shape index (κ1) is 12.7. The molecule has 0 spiro atoms. The molecule has 0 saturated heterocycles. The summed E-state index contributed by atoms with van der Waals surface area (Å²) in [6, 6.07) is 1.31. The predicted molar refractivity (Wildman–Crippen MR) is 58.7 cm³/mol. The number of alkyl halides is 3. The van der Waals surface area contributed by atoms with Gasteiger partial charge in [-0.1, -0.05) is 0 Å². The van der Waals surface area contributed by atoms with Crippen LogP contribution in [0.5, 0.6) is 0 Å². The summed E-state index contributed by atoms with van der Waals surface area (Å²) in [5.41, 5.74) is -4.09. The molecule has 1 aromatic carbocycles. The smallest absolute Gasteiger partial charge is 0.416 e. The van der Waals surface area contributed by atoms with Crippen LogP contribution in [0.25, 0.3) is 11.0 Å². The van der Waals surface area contributed by atoms with Crippen LogP contribution in [0, 0.1) is 0 Å². The van der Waals surface area contributed by atoms with Gasteiger partial charge in [0.15, 0.2) is 0 Å². The average Bonchev–Trinajstić information content (AvgIpc) is 2.26. The Balaban J connectivity index is 2.98. The van der Waals surface area contributed by atoms with Crippen LogP contribution in [-0.2, 0) is 6.18 Å². The Morgan fingerprint density at radius 2 is 1.89 bits per heavy atom. The molecule has 0 saturated carbocycles. The molecule has 18 heavy (non-hydrogen) atoms. The number of halogens is 4. The van der Waals surface area contributed by atoms with Crippen LogP contribution in [0.15, 0.2) is 26.2 Å². The second kappa shape index (κ2) is 3.87. The molecular formula is C9H4BrF3N2O3. The minimum absolute atomic E-state index is 0.0905. The van der Waals surface area contributed by atoms with E-state index in [1.165, 1.54) is 0 Å². The largest absolute Gasteiger partial charge is 0.425 e. The lowest BCUT2D eigenvalue weighted by Crippen LogP contribution is -2.35. The quantitative estimate of drug-likeness (QED) is 0.572. The zero-order valence-corrected chi connectivity index (χ0v) is 9.96. The first-order chi connectivity index (χ1) is 8.21. The van der Waals surface area contributed by atoms with Gasteiger partial charge in [-0.2, -0.15) is 13.2 Å². The van der Waals surface area contributed by atoms with E-state index in [1.807, 2.05) is 0 Å². The van der Waals surface area contributed by atoms with E-state index < -0.39 is 28.4 Å². The summed E-state index contributed by atoms with van der Waals surface area (Å²) in [6.07, 6.45) is -4.64. The summed E-state index contributed by atoms with van der Waals surface area (Å²) in [5, 5.41) is 9.35. The first-order valence-corrected chi connectivity index (χ1v) is 5.26. The summed E-state index contributed by atoms with van der Waals surface area (Å²) in [5.74, 6) is 0. The number of aromatic nitrogens is 2. The number of nitrogens with one attached hydrogen (secondary N) is 1. The van der Waals surface area contributed by atoms with Gasteiger partial charge in [0.05, 0.1) is 11.1 Å². The highest BCUT2D eigenvalue weighted by atomic mass is 79.9. The third-order valence-corrected chi connectivity index (χ3v) is 2.88. The lowest BCUT2D eigenvalue weighted by Gasteiger charge is -2.10. The van der Waals surface area contributed by atoms with E-state index in [0.29, 0.717) is 6.07 Å². The minimum atomic E-state index is -4.64. The Bertz CT molecular complexity index is 748. The fourth-order valence-corrected chi connectivity index (χ4v) is 1.97. The molecule has 96 valence electrons. The van der Waals surface area contributed by atoms with E-state index in [-0.39, 0.29) is 14.7 Å². The van der Waals surface area contributed by atoms with E-state index in [4.69, 9.17) is 0 Å². The van der Waals surface area contributed by atoms with Crippen molar-refractivity contribution < 1.29 is 18.4 Å². The SMILES string of the molecule is O=c1[nH]c2c(Br)cc(C(F)(F)F)cc2n(O)c1=O. The summed E-state index contributed by atoms with van der Waals surface area (Å²) < 4.78 is 37.4. The maximum absolute atomic E-state index is 12.5. The molecule has 0 radical (unpaired) electrons. The van der Waals surface area contributed by atoms with E-state index in [1.54, 1.807) is 0 Å². The Morgan fingerprint density at radius 3 is 2.44 bits per heavy atom. The molecule has 2 aromatic rings. The second-order valence-electron chi connectivity index (χ2n) is 3.42. The van der Waals surface area contributed by atoms with Crippen molar-refractivity contribution in [3.63, 3.8) is 0 Å². The van der Waals surface area contributed by atoms with Gasteiger partial charge in [0, 0.05) is 4.47 Å². The van der Waals surface area contributed by atoms with Crippen LogP contribution in [0.2, 0.25) is 0 Å². The Labute approximate surface area is 105 Å². The van der Waals surface area contributed by atoms with Gasteiger partial charge < -0.3 is 10.2 Å². The lowest BCUT2D eigenvalue weighted by molar-refractivity contribution is -0.137. The Kier molecular flexibility index (Phi) is 2.73. The molecule has 5 nitrogen and oxygen atoms in total. The van der Waals surface area contributed by atoms with Gasteiger partial charge in [-0.3, -0.25) is 9.59 Å².